The number of aryl methyl sites for hydroxylation is 1. The lowest BCUT2D eigenvalue weighted by Crippen LogP contribution is -2.24. The minimum Gasteiger partial charge on any atom is -0.503 e. The van der Waals surface area contributed by atoms with Crippen LogP contribution in [0.5, 0.6) is 5.75 Å². The van der Waals surface area contributed by atoms with E-state index >= 15 is 0 Å². The van der Waals surface area contributed by atoms with Crippen molar-refractivity contribution in [3.63, 3.8) is 0 Å². The Kier molecular flexibility index (Phi) is 2.36. The molecule has 0 aliphatic heterocycles. The molecule has 1 aromatic rings. The van der Waals surface area contributed by atoms with Gasteiger partial charge in [-0.15, -0.1) is 0 Å². The zero-order chi connectivity index (χ0) is 10.0. The first kappa shape index (κ1) is 9.31. The van der Waals surface area contributed by atoms with E-state index in [1.165, 1.54) is 23.9 Å². The van der Waals surface area contributed by atoms with Crippen molar-refractivity contribution in [3.8, 4) is 5.75 Å². The lowest BCUT2D eigenvalue weighted by Gasteiger charge is -2.07. The zero-order valence-corrected chi connectivity index (χ0v) is 7.37. The molecule has 1 rings (SSSR count). The number of rotatable bonds is 1. The van der Waals surface area contributed by atoms with E-state index < -0.39 is 17.1 Å². The van der Waals surface area contributed by atoms with Gasteiger partial charge in [-0.25, -0.2) is 0 Å². The molecule has 0 saturated heterocycles. The second-order valence-corrected chi connectivity index (χ2v) is 2.57. The number of nitrogens with zero attached hydrogens (tertiary/aromatic N) is 1. The van der Waals surface area contributed by atoms with Crippen LogP contribution in [0.4, 0.5) is 0 Å². The van der Waals surface area contributed by atoms with Gasteiger partial charge in [0, 0.05) is 26.4 Å². The molecule has 1 heterocycles. The largest absolute Gasteiger partial charge is 0.503 e. The topological polar surface area (TPSA) is 71.3 Å². The Morgan fingerprint density at radius 2 is 2.23 bits per heavy atom. The fourth-order valence-corrected chi connectivity index (χ4v) is 1.00. The van der Waals surface area contributed by atoms with Crippen molar-refractivity contribution in [1.82, 2.24) is 9.88 Å². The van der Waals surface area contributed by atoms with Gasteiger partial charge in [-0.3, -0.25) is 9.59 Å². The van der Waals surface area contributed by atoms with Crippen LogP contribution in [0, 0.1) is 0 Å². The summed E-state index contributed by atoms with van der Waals surface area (Å²) in [5.74, 6) is -1.01. The average Bonchev–Trinajstić information content (AvgIpc) is 2.12. The van der Waals surface area contributed by atoms with Crippen LogP contribution in [-0.4, -0.2) is 22.6 Å². The van der Waals surface area contributed by atoms with Crippen LogP contribution in [0.2, 0.25) is 0 Å². The van der Waals surface area contributed by atoms with Gasteiger partial charge in [0.15, 0.2) is 11.4 Å². The molecule has 0 bridgehead atoms. The molecule has 13 heavy (non-hydrogen) atoms. The normalized spacial score (nSPS) is 9.69. The summed E-state index contributed by atoms with van der Waals surface area (Å²) in [5, 5.41) is 11.6. The minimum atomic E-state index is -0.559. The fraction of sp³-hybridized carbons (Fsp3) is 0.250. The molecule has 1 amide bonds. The second-order valence-electron chi connectivity index (χ2n) is 2.57. The van der Waals surface area contributed by atoms with Crippen LogP contribution in [0.1, 0.15) is 10.5 Å². The summed E-state index contributed by atoms with van der Waals surface area (Å²) in [6.07, 6.45) is 1.42. The fourth-order valence-electron chi connectivity index (χ4n) is 1.00. The molecule has 2 N–H and O–H groups in total. The Morgan fingerprint density at radius 3 is 2.77 bits per heavy atom. The van der Waals surface area contributed by atoms with Crippen LogP contribution in [0.15, 0.2) is 17.1 Å². The second kappa shape index (κ2) is 3.30. The number of hydrogen-bond acceptors (Lipinski definition) is 3. The van der Waals surface area contributed by atoms with E-state index in [1.807, 2.05) is 0 Å². The summed E-state index contributed by atoms with van der Waals surface area (Å²) >= 11 is 0. The van der Waals surface area contributed by atoms with E-state index in [0.29, 0.717) is 0 Å². The number of pyridine rings is 1. The van der Waals surface area contributed by atoms with E-state index in [9.17, 15) is 14.7 Å². The Labute approximate surface area is 74.6 Å². The van der Waals surface area contributed by atoms with Gasteiger partial charge in [0.2, 0.25) is 5.43 Å². The third-order valence-electron chi connectivity index (χ3n) is 1.70. The molecule has 5 nitrogen and oxygen atoms in total. The molecule has 0 atom stereocenters. The summed E-state index contributed by atoms with van der Waals surface area (Å²) in [5.41, 5.74) is -0.591. The molecule has 0 aliphatic carbocycles. The molecule has 70 valence electrons. The van der Waals surface area contributed by atoms with Gasteiger partial charge >= 0.3 is 0 Å². The number of carbonyl (C=O) groups excluding carboxylic acids is 1. The van der Waals surface area contributed by atoms with Crippen LogP contribution in [0.3, 0.4) is 0 Å². The first-order valence-electron chi connectivity index (χ1n) is 3.68. The van der Waals surface area contributed by atoms with Crippen molar-refractivity contribution in [1.29, 1.82) is 0 Å². The first-order chi connectivity index (χ1) is 6.07. The number of hydrogen-bond donors (Lipinski definition) is 2. The van der Waals surface area contributed by atoms with Crippen LogP contribution in [-0.2, 0) is 7.05 Å². The van der Waals surface area contributed by atoms with Crippen LogP contribution >= 0.6 is 0 Å². The number of carbonyl (C=O) groups is 1. The van der Waals surface area contributed by atoms with Crippen LogP contribution < -0.4 is 10.7 Å². The molecule has 0 fully saturated rings. The summed E-state index contributed by atoms with van der Waals surface area (Å²) in [6, 6.07) is 1.20. The molecule has 0 aromatic carbocycles. The highest BCUT2D eigenvalue weighted by Gasteiger charge is 2.14. The van der Waals surface area contributed by atoms with Crippen molar-refractivity contribution < 1.29 is 9.90 Å². The maximum absolute atomic E-state index is 11.2. The molecule has 1 aromatic heterocycles. The van der Waals surface area contributed by atoms with Crippen molar-refractivity contribution in [2.75, 3.05) is 7.05 Å². The Morgan fingerprint density at radius 1 is 1.62 bits per heavy atom. The van der Waals surface area contributed by atoms with Gasteiger partial charge in [-0.1, -0.05) is 0 Å². The van der Waals surface area contributed by atoms with Gasteiger partial charge in [-0.05, 0) is 0 Å². The molecule has 5 heteroatoms. The number of nitrogens with one attached hydrogen (secondary N) is 1. The third kappa shape index (κ3) is 1.53. The van der Waals surface area contributed by atoms with E-state index in [0.717, 1.165) is 0 Å². The summed E-state index contributed by atoms with van der Waals surface area (Å²) in [4.78, 5) is 22.1. The third-order valence-corrected chi connectivity index (χ3v) is 1.70. The van der Waals surface area contributed by atoms with Crippen molar-refractivity contribution in [3.05, 3.63) is 28.2 Å². The molecule has 0 aliphatic rings. The van der Waals surface area contributed by atoms with Gasteiger partial charge in [0.25, 0.3) is 5.91 Å². The van der Waals surface area contributed by atoms with Gasteiger partial charge < -0.3 is 15.0 Å². The van der Waals surface area contributed by atoms with Crippen LogP contribution in [0.25, 0.3) is 0 Å². The van der Waals surface area contributed by atoms with Gasteiger partial charge in [-0.2, -0.15) is 0 Å². The van der Waals surface area contributed by atoms with E-state index in [1.54, 1.807) is 7.05 Å². The van der Waals surface area contributed by atoms with Crippen molar-refractivity contribution in [2.24, 2.45) is 7.05 Å². The maximum Gasteiger partial charge on any atom is 0.271 e. The highest BCUT2D eigenvalue weighted by molar-refractivity contribution is 5.94. The summed E-state index contributed by atoms with van der Waals surface area (Å²) < 4.78 is 1.38. The number of aromatic nitrogens is 1. The highest BCUT2D eigenvalue weighted by Crippen LogP contribution is 2.08. The molecule has 0 spiro atoms. The molecular weight excluding hydrogens is 172 g/mol. The Hall–Kier alpha value is -1.78. The number of aromatic hydroxyl groups is 1. The predicted octanol–water partition coefficient (Wildman–Crippen LogP) is -0.550. The lowest BCUT2D eigenvalue weighted by atomic mass is 10.3. The summed E-state index contributed by atoms with van der Waals surface area (Å²) in [6.45, 7) is 0. The monoisotopic (exact) mass is 182 g/mol. The highest BCUT2D eigenvalue weighted by atomic mass is 16.3. The standard InChI is InChI=1S/C8H10N2O3/c1-9-8(13)6-7(12)5(11)3-4-10(6)2/h3-4,12H,1-2H3,(H,9,13). The SMILES string of the molecule is CNC(=O)c1c(O)c(=O)ccn1C. The van der Waals surface area contributed by atoms with Gasteiger partial charge in [0.05, 0.1) is 0 Å². The van der Waals surface area contributed by atoms with Gasteiger partial charge in [0.1, 0.15) is 0 Å². The minimum absolute atomic E-state index is 0.0324. The Balaban J connectivity index is 3.42. The van der Waals surface area contributed by atoms with E-state index in [4.69, 9.17) is 0 Å². The molecular formula is C8H10N2O3. The average molecular weight is 182 g/mol. The predicted molar refractivity (Wildman–Crippen MR) is 46.7 cm³/mol. The Bertz CT molecular complexity index is 395. The number of amides is 1. The van der Waals surface area contributed by atoms with E-state index in [-0.39, 0.29) is 5.69 Å². The molecule has 0 radical (unpaired) electrons. The lowest BCUT2D eigenvalue weighted by molar-refractivity contribution is 0.0951. The quantitative estimate of drug-likeness (QED) is 0.612. The van der Waals surface area contributed by atoms with Crippen molar-refractivity contribution >= 4 is 5.91 Å². The van der Waals surface area contributed by atoms with E-state index in [2.05, 4.69) is 5.32 Å². The summed E-state index contributed by atoms with van der Waals surface area (Å²) in [7, 11) is 3.00. The zero-order valence-electron chi connectivity index (χ0n) is 7.37. The smallest absolute Gasteiger partial charge is 0.271 e. The molecule has 0 unspecified atom stereocenters. The first-order valence-corrected chi connectivity index (χ1v) is 3.68. The van der Waals surface area contributed by atoms with Crippen molar-refractivity contribution in [2.45, 2.75) is 0 Å². The maximum atomic E-state index is 11.2. The molecule has 0 saturated carbocycles.